The van der Waals surface area contributed by atoms with Crippen LogP contribution in [0.5, 0.6) is 5.75 Å². The average molecular weight is 366 g/mol. The van der Waals surface area contributed by atoms with Crippen molar-refractivity contribution in [2.45, 2.75) is 10.5 Å². The third-order valence-corrected chi connectivity index (χ3v) is 6.39. The number of ether oxygens (including phenoxy) is 1. The van der Waals surface area contributed by atoms with Gasteiger partial charge in [0.05, 0.1) is 7.11 Å². The Hall–Kier alpha value is -2.38. The first-order chi connectivity index (χ1) is 12.3. The van der Waals surface area contributed by atoms with Crippen LogP contribution < -0.4 is 9.75 Å². The lowest BCUT2D eigenvalue weighted by Crippen LogP contribution is -2.29. The van der Waals surface area contributed by atoms with Crippen LogP contribution >= 0.6 is 23.5 Å². The zero-order chi connectivity index (χ0) is 16.8. The summed E-state index contributed by atoms with van der Waals surface area (Å²) < 4.78 is 7.40. The molecule has 0 aliphatic carbocycles. The number of methoxy groups -OCH3 is 1. The highest BCUT2D eigenvalue weighted by Crippen LogP contribution is 2.52. The first-order valence-electron chi connectivity index (χ1n) is 7.83. The average Bonchev–Trinajstić information content (AvgIpc) is 3.34. The summed E-state index contributed by atoms with van der Waals surface area (Å²) in [4.78, 5) is 0. The van der Waals surface area contributed by atoms with Crippen molar-refractivity contribution in [3.05, 3.63) is 70.6 Å². The molecule has 5 rings (SSSR count). The third-order valence-electron chi connectivity index (χ3n) is 4.20. The van der Waals surface area contributed by atoms with E-state index in [0.29, 0.717) is 0 Å². The van der Waals surface area contributed by atoms with E-state index in [2.05, 4.69) is 49.6 Å². The van der Waals surface area contributed by atoms with Crippen molar-refractivity contribution in [1.29, 1.82) is 0 Å². The van der Waals surface area contributed by atoms with Gasteiger partial charge in [-0.05, 0) is 29.5 Å². The molecule has 5 nitrogen and oxygen atoms in total. The second-order valence-corrected chi connectivity index (χ2v) is 7.59. The fourth-order valence-electron chi connectivity index (χ4n) is 3.00. The second-order valence-electron chi connectivity index (χ2n) is 5.65. The topological polar surface area (TPSA) is 43.2 Å². The SMILES string of the molecule is COc1ccc(C2SC=C3Sc4nnc(-c5ccccc5)n4N32)cc1. The summed E-state index contributed by atoms with van der Waals surface area (Å²) in [5.74, 6) is 1.73. The first-order valence-corrected chi connectivity index (χ1v) is 9.59. The Morgan fingerprint density at radius 1 is 1.00 bits per heavy atom. The molecule has 0 saturated carbocycles. The van der Waals surface area contributed by atoms with E-state index in [1.807, 2.05) is 30.3 Å². The van der Waals surface area contributed by atoms with Crippen LogP contribution in [0.2, 0.25) is 0 Å². The van der Waals surface area contributed by atoms with Crippen molar-refractivity contribution in [2.24, 2.45) is 0 Å². The lowest BCUT2D eigenvalue weighted by atomic mass is 10.2. The number of aromatic nitrogens is 3. The number of thioether (sulfide) groups is 2. The highest BCUT2D eigenvalue weighted by molar-refractivity contribution is 8.07. The minimum Gasteiger partial charge on any atom is -0.497 e. The molecule has 0 spiro atoms. The highest BCUT2D eigenvalue weighted by atomic mass is 32.2. The molecule has 0 amide bonds. The van der Waals surface area contributed by atoms with Gasteiger partial charge in [0.15, 0.2) is 5.82 Å². The number of benzene rings is 2. The van der Waals surface area contributed by atoms with Crippen LogP contribution in [0.4, 0.5) is 0 Å². The Labute approximate surface area is 153 Å². The lowest BCUT2D eigenvalue weighted by molar-refractivity contribution is 0.414. The van der Waals surface area contributed by atoms with Crippen molar-refractivity contribution in [1.82, 2.24) is 14.9 Å². The fraction of sp³-hybridized carbons (Fsp3) is 0.111. The molecule has 1 aromatic heterocycles. The van der Waals surface area contributed by atoms with Gasteiger partial charge < -0.3 is 4.74 Å². The lowest BCUT2D eigenvalue weighted by Gasteiger charge is -2.26. The van der Waals surface area contributed by atoms with Crippen LogP contribution in [0.1, 0.15) is 10.9 Å². The molecule has 2 aromatic carbocycles. The van der Waals surface area contributed by atoms with E-state index < -0.39 is 0 Å². The standard InChI is InChI=1S/C18H14N4OS2/c1-23-14-9-7-13(8-10-14)17-21-15(11-24-17)25-18-20-19-16(22(18)21)12-5-3-2-4-6-12/h2-11,17H,1H3. The van der Waals surface area contributed by atoms with Crippen LogP contribution in [0.3, 0.4) is 0 Å². The quantitative estimate of drug-likeness (QED) is 0.691. The van der Waals surface area contributed by atoms with E-state index in [0.717, 1.165) is 22.3 Å². The van der Waals surface area contributed by atoms with Crippen LogP contribution in [0.25, 0.3) is 11.4 Å². The van der Waals surface area contributed by atoms with Crippen molar-refractivity contribution >= 4 is 23.5 Å². The molecule has 0 N–H and O–H groups in total. The van der Waals surface area contributed by atoms with Crippen LogP contribution in [0, 0.1) is 0 Å². The summed E-state index contributed by atoms with van der Waals surface area (Å²) in [6, 6.07) is 18.4. The van der Waals surface area contributed by atoms with Crippen LogP contribution in [-0.4, -0.2) is 22.0 Å². The third kappa shape index (κ3) is 2.34. The highest BCUT2D eigenvalue weighted by Gasteiger charge is 2.39. The maximum Gasteiger partial charge on any atom is 0.217 e. The van der Waals surface area contributed by atoms with Crippen molar-refractivity contribution in [3.8, 4) is 17.1 Å². The minimum absolute atomic E-state index is 0.160. The van der Waals surface area contributed by atoms with E-state index in [1.165, 1.54) is 10.6 Å². The van der Waals surface area contributed by atoms with Gasteiger partial charge in [0.25, 0.3) is 0 Å². The van der Waals surface area contributed by atoms with Gasteiger partial charge in [0.2, 0.25) is 5.16 Å². The van der Waals surface area contributed by atoms with E-state index >= 15 is 0 Å². The molecule has 3 heterocycles. The van der Waals surface area contributed by atoms with Crippen LogP contribution in [-0.2, 0) is 0 Å². The van der Waals surface area contributed by atoms with E-state index in [1.54, 1.807) is 30.6 Å². The maximum atomic E-state index is 5.28. The Balaban J connectivity index is 1.57. The maximum absolute atomic E-state index is 5.28. The second kappa shape index (κ2) is 5.86. The van der Waals surface area contributed by atoms with Gasteiger partial charge in [-0.1, -0.05) is 54.2 Å². The molecule has 1 unspecified atom stereocenters. The van der Waals surface area contributed by atoms with Crippen molar-refractivity contribution in [2.75, 3.05) is 12.1 Å². The number of hydrogen-bond donors (Lipinski definition) is 0. The van der Waals surface area contributed by atoms with Crippen LogP contribution in [0.15, 0.2) is 70.2 Å². The Morgan fingerprint density at radius 2 is 1.80 bits per heavy atom. The molecule has 0 saturated heterocycles. The van der Waals surface area contributed by atoms with Gasteiger partial charge >= 0.3 is 0 Å². The molecule has 124 valence electrons. The van der Waals surface area contributed by atoms with Crippen molar-refractivity contribution in [3.63, 3.8) is 0 Å². The van der Waals surface area contributed by atoms with Gasteiger partial charge in [-0.2, -0.15) is 0 Å². The smallest absolute Gasteiger partial charge is 0.217 e. The molecular weight excluding hydrogens is 352 g/mol. The molecule has 0 radical (unpaired) electrons. The Kier molecular flexibility index (Phi) is 3.50. The zero-order valence-corrected chi connectivity index (χ0v) is 15.0. The number of hydrogen-bond acceptors (Lipinski definition) is 6. The predicted octanol–water partition coefficient (Wildman–Crippen LogP) is 4.24. The van der Waals surface area contributed by atoms with Gasteiger partial charge in [0.1, 0.15) is 16.2 Å². The molecule has 25 heavy (non-hydrogen) atoms. The van der Waals surface area contributed by atoms with E-state index in [-0.39, 0.29) is 5.37 Å². The number of rotatable bonds is 3. The zero-order valence-electron chi connectivity index (χ0n) is 13.4. The molecule has 0 fully saturated rings. The normalized spacial score (nSPS) is 18.0. The monoisotopic (exact) mass is 366 g/mol. The van der Waals surface area contributed by atoms with E-state index in [9.17, 15) is 0 Å². The van der Waals surface area contributed by atoms with Gasteiger partial charge in [0, 0.05) is 11.0 Å². The fourth-order valence-corrected chi connectivity index (χ4v) is 5.22. The summed E-state index contributed by atoms with van der Waals surface area (Å²) in [7, 11) is 1.69. The number of nitrogens with zero attached hydrogens (tertiary/aromatic N) is 4. The minimum atomic E-state index is 0.160. The summed E-state index contributed by atoms with van der Waals surface area (Å²) in [6.45, 7) is 0. The summed E-state index contributed by atoms with van der Waals surface area (Å²) in [5.41, 5.74) is 2.28. The Morgan fingerprint density at radius 3 is 2.56 bits per heavy atom. The molecule has 7 heteroatoms. The largest absolute Gasteiger partial charge is 0.497 e. The van der Waals surface area contributed by atoms with Crippen molar-refractivity contribution < 1.29 is 4.74 Å². The van der Waals surface area contributed by atoms with Gasteiger partial charge in [-0.25, -0.2) is 4.68 Å². The molecule has 2 aliphatic heterocycles. The molecule has 1 atom stereocenters. The summed E-state index contributed by atoms with van der Waals surface area (Å²) in [6.07, 6.45) is 0. The first kappa shape index (κ1) is 14.9. The Bertz CT molecular complexity index is 953. The van der Waals surface area contributed by atoms with E-state index in [4.69, 9.17) is 4.74 Å². The molecule has 2 aliphatic rings. The molecular formula is C18H14N4OS2. The van der Waals surface area contributed by atoms with Gasteiger partial charge in [-0.15, -0.1) is 10.2 Å². The predicted molar refractivity (Wildman–Crippen MR) is 101 cm³/mol. The number of fused-ring (bicyclic) bond motifs is 3. The summed E-state index contributed by atoms with van der Waals surface area (Å²) in [5, 5.41) is 15.5. The van der Waals surface area contributed by atoms with Gasteiger partial charge in [-0.3, -0.25) is 5.01 Å². The molecule has 0 bridgehead atoms. The molecule has 3 aromatic rings. The summed E-state index contributed by atoms with van der Waals surface area (Å²) >= 11 is 3.46.